The Hall–Kier alpha value is -1.10. The SMILES string of the molecule is COC(=O)C1(NC(=O)CC(C)C2CCCNC2)CCCCCC1. The van der Waals surface area contributed by atoms with Crippen LogP contribution < -0.4 is 10.6 Å². The van der Waals surface area contributed by atoms with Gasteiger partial charge in [-0.2, -0.15) is 0 Å². The highest BCUT2D eigenvalue weighted by atomic mass is 16.5. The lowest BCUT2D eigenvalue weighted by molar-refractivity contribution is -0.152. The molecule has 132 valence electrons. The fraction of sp³-hybridized carbons (Fsp3) is 0.889. The molecule has 0 bridgehead atoms. The molecule has 5 heteroatoms. The highest BCUT2D eigenvalue weighted by Crippen LogP contribution is 2.29. The van der Waals surface area contributed by atoms with E-state index in [1.807, 2.05) is 0 Å². The fourth-order valence-electron chi connectivity index (χ4n) is 4.05. The summed E-state index contributed by atoms with van der Waals surface area (Å²) in [6.45, 7) is 4.23. The van der Waals surface area contributed by atoms with Crippen LogP contribution in [-0.4, -0.2) is 37.6 Å². The molecule has 2 atom stereocenters. The maximum absolute atomic E-state index is 12.6. The minimum Gasteiger partial charge on any atom is -0.467 e. The second kappa shape index (κ2) is 8.67. The molecule has 2 rings (SSSR count). The van der Waals surface area contributed by atoms with Crippen LogP contribution in [0.2, 0.25) is 0 Å². The number of amides is 1. The second-order valence-electron chi connectivity index (χ2n) is 7.32. The highest BCUT2D eigenvalue weighted by Gasteiger charge is 2.41. The third-order valence-corrected chi connectivity index (χ3v) is 5.56. The lowest BCUT2D eigenvalue weighted by atomic mass is 9.84. The zero-order valence-corrected chi connectivity index (χ0v) is 14.7. The standard InChI is InChI=1S/C18H32N2O3/c1-14(15-8-7-11-19-13-15)12-16(21)20-18(17(22)23-2)9-5-3-4-6-10-18/h14-15,19H,3-13H2,1-2H3,(H,20,21). The summed E-state index contributed by atoms with van der Waals surface area (Å²) in [7, 11) is 1.41. The highest BCUT2D eigenvalue weighted by molar-refractivity contribution is 5.88. The van der Waals surface area contributed by atoms with E-state index >= 15 is 0 Å². The molecule has 2 fully saturated rings. The predicted molar refractivity (Wildman–Crippen MR) is 90.0 cm³/mol. The second-order valence-corrected chi connectivity index (χ2v) is 7.32. The first-order chi connectivity index (χ1) is 11.1. The van der Waals surface area contributed by atoms with Gasteiger partial charge >= 0.3 is 5.97 Å². The maximum Gasteiger partial charge on any atom is 0.331 e. The molecule has 0 radical (unpaired) electrons. The van der Waals surface area contributed by atoms with Crippen LogP contribution >= 0.6 is 0 Å². The minimum absolute atomic E-state index is 0.00428. The van der Waals surface area contributed by atoms with Crippen molar-refractivity contribution in [3.05, 3.63) is 0 Å². The van der Waals surface area contributed by atoms with Gasteiger partial charge in [-0.25, -0.2) is 4.79 Å². The summed E-state index contributed by atoms with van der Waals surface area (Å²) in [5.74, 6) is 0.607. The number of carbonyl (C=O) groups is 2. The summed E-state index contributed by atoms with van der Waals surface area (Å²) in [6.07, 6.45) is 8.44. The molecule has 0 aromatic heterocycles. The van der Waals surface area contributed by atoms with Crippen molar-refractivity contribution >= 4 is 11.9 Å². The van der Waals surface area contributed by atoms with Crippen molar-refractivity contribution in [2.24, 2.45) is 11.8 Å². The molecule has 2 N–H and O–H groups in total. The van der Waals surface area contributed by atoms with Crippen LogP contribution in [-0.2, 0) is 14.3 Å². The van der Waals surface area contributed by atoms with Gasteiger partial charge in [0.1, 0.15) is 5.54 Å². The minimum atomic E-state index is -0.799. The molecule has 1 saturated carbocycles. The van der Waals surface area contributed by atoms with Crippen LogP contribution in [0.5, 0.6) is 0 Å². The molecule has 1 aliphatic heterocycles. The largest absolute Gasteiger partial charge is 0.467 e. The monoisotopic (exact) mass is 324 g/mol. The van der Waals surface area contributed by atoms with Crippen LogP contribution in [0, 0.1) is 11.8 Å². The Labute approximate surface area is 139 Å². The van der Waals surface area contributed by atoms with Gasteiger partial charge in [0, 0.05) is 6.42 Å². The Kier molecular flexibility index (Phi) is 6.88. The van der Waals surface area contributed by atoms with E-state index in [1.54, 1.807) is 0 Å². The van der Waals surface area contributed by atoms with E-state index in [9.17, 15) is 9.59 Å². The maximum atomic E-state index is 12.6. The molecule has 23 heavy (non-hydrogen) atoms. The Morgan fingerprint density at radius 1 is 1.22 bits per heavy atom. The van der Waals surface area contributed by atoms with Gasteiger partial charge in [0.25, 0.3) is 0 Å². The zero-order chi connectivity index (χ0) is 16.7. The lowest BCUT2D eigenvalue weighted by Gasteiger charge is -2.33. The third-order valence-electron chi connectivity index (χ3n) is 5.56. The number of piperidine rings is 1. The fourth-order valence-corrected chi connectivity index (χ4v) is 4.05. The van der Waals surface area contributed by atoms with E-state index in [4.69, 9.17) is 4.74 Å². The molecule has 2 unspecified atom stereocenters. The van der Waals surface area contributed by atoms with E-state index in [0.29, 0.717) is 31.1 Å². The van der Waals surface area contributed by atoms with Gasteiger partial charge in [-0.1, -0.05) is 32.6 Å². The predicted octanol–water partition coefficient (Wildman–Crippen LogP) is 2.39. The Bertz CT molecular complexity index is 397. The molecular formula is C18H32N2O3. The van der Waals surface area contributed by atoms with Crippen LogP contribution in [0.3, 0.4) is 0 Å². The molecule has 1 saturated heterocycles. The van der Waals surface area contributed by atoms with Crippen molar-refractivity contribution in [1.29, 1.82) is 0 Å². The summed E-state index contributed by atoms with van der Waals surface area (Å²) >= 11 is 0. The number of nitrogens with one attached hydrogen (secondary N) is 2. The zero-order valence-electron chi connectivity index (χ0n) is 14.7. The lowest BCUT2D eigenvalue weighted by Crippen LogP contribution is -2.55. The number of hydrogen-bond donors (Lipinski definition) is 2. The first kappa shape index (κ1) is 18.2. The van der Waals surface area contributed by atoms with Crippen LogP contribution in [0.25, 0.3) is 0 Å². The van der Waals surface area contributed by atoms with Crippen molar-refractivity contribution < 1.29 is 14.3 Å². The number of methoxy groups -OCH3 is 1. The molecule has 0 aromatic carbocycles. The summed E-state index contributed by atoms with van der Waals surface area (Å²) in [4.78, 5) is 24.9. The van der Waals surface area contributed by atoms with E-state index in [1.165, 1.54) is 20.0 Å². The molecule has 5 nitrogen and oxygen atoms in total. The van der Waals surface area contributed by atoms with Crippen molar-refractivity contribution in [3.63, 3.8) is 0 Å². The first-order valence-corrected chi connectivity index (χ1v) is 9.17. The summed E-state index contributed by atoms with van der Waals surface area (Å²) in [6, 6.07) is 0. The molecule has 0 aromatic rings. The normalized spacial score (nSPS) is 25.9. The van der Waals surface area contributed by atoms with Crippen molar-refractivity contribution in [1.82, 2.24) is 10.6 Å². The quantitative estimate of drug-likeness (QED) is 0.602. The van der Waals surface area contributed by atoms with Gasteiger partial charge in [0.2, 0.25) is 5.91 Å². The van der Waals surface area contributed by atoms with Crippen LogP contribution in [0.4, 0.5) is 0 Å². The summed E-state index contributed by atoms with van der Waals surface area (Å²) < 4.78 is 5.01. The van der Waals surface area contributed by atoms with Gasteiger partial charge in [-0.15, -0.1) is 0 Å². The number of hydrogen-bond acceptors (Lipinski definition) is 4. The van der Waals surface area contributed by atoms with Gasteiger partial charge in [0.05, 0.1) is 7.11 Å². The Morgan fingerprint density at radius 3 is 2.48 bits per heavy atom. The van der Waals surface area contributed by atoms with E-state index in [2.05, 4.69) is 17.6 Å². The van der Waals surface area contributed by atoms with Gasteiger partial charge in [-0.05, 0) is 50.6 Å². The van der Waals surface area contributed by atoms with Crippen molar-refractivity contribution in [2.45, 2.75) is 70.3 Å². The smallest absolute Gasteiger partial charge is 0.331 e. The molecule has 1 heterocycles. The van der Waals surface area contributed by atoms with Gasteiger partial charge < -0.3 is 15.4 Å². The molecule has 2 aliphatic rings. The van der Waals surface area contributed by atoms with E-state index in [0.717, 1.165) is 38.8 Å². The van der Waals surface area contributed by atoms with Crippen LogP contribution in [0.15, 0.2) is 0 Å². The van der Waals surface area contributed by atoms with E-state index in [-0.39, 0.29) is 11.9 Å². The average Bonchev–Trinajstić information content (AvgIpc) is 2.81. The summed E-state index contributed by atoms with van der Waals surface area (Å²) in [5.41, 5.74) is -0.799. The topological polar surface area (TPSA) is 67.4 Å². The molecular weight excluding hydrogens is 292 g/mol. The Morgan fingerprint density at radius 2 is 1.91 bits per heavy atom. The Balaban J connectivity index is 1.95. The van der Waals surface area contributed by atoms with Crippen molar-refractivity contribution in [2.75, 3.05) is 20.2 Å². The molecule has 1 aliphatic carbocycles. The molecule has 1 amide bonds. The van der Waals surface area contributed by atoms with Gasteiger partial charge in [-0.3, -0.25) is 4.79 Å². The average molecular weight is 324 g/mol. The van der Waals surface area contributed by atoms with Crippen LogP contribution in [0.1, 0.15) is 64.7 Å². The van der Waals surface area contributed by atoms with Gasteiger partial charge in [0.15, 0.2) is 0 Å². The third kappa shape index (κ3) is 4.93. The number of carbonyl (C=O) groups excluding carboxylic acids is 2. The molecule has 0 spiro atoms. The van der Waals surface area contributed by atoms with Crippen molar-refractivity contribution in [3.8, 4) is 0 Å². The number of ether oxygens (including phenoxy) is 1. The van der Waals surface area contributed by atoms with E-state index < -0.39 is 5.54 Å². The number of rotatable bonds is 5. The summed E-state index contributed by atoms with van der Waals surface area (Å²) in [5, 5.41) is 6.47. The first-order valence-electron chi connectivity index (χ1n) is 9.17. The number of esters is 1.